The number of carbonyl (C=O) groups excluding carboxylic acids is 1. The van der Waals surface area contributed by atoms with Crippen molar-refractivity contribution in [2.24, 2.45) is 4.40 Å². The average Bonchev–Trinajstić information content (AvgIpc) is 3.03. The number of piperidine rings is 1. The van der Waals surface area contributed by atoms with Gasteiger partial charge in [0.1, 0.15) is 16.7 Å². The minimum atomic E-state index is -3.72. The first-order valence-corrected chi connectivity index (χ1v) is 11.1. The monoisotopic (exact) mass is 413 g/mol. The lowest BCUT2D eigenvalue weighted by molar-refractivity contribution is -0.126. The summed E-state index contributed by atoms with van der Waals surface area (Å²) in [7, 11) is -2.12. The molecule has 0 spiro atoms. The summed E-state index contributed by atoms with van der Waals surface area (Å²) in [5.74, 6) is 0.950. The number of carbonyl (C=O) groups is 1. The van der Waals surface area contributed by atoms with Crippen molar-refractivity contribution in [1.82, 2.24) is 10.2 Å². The van der Waals surface area contributed by atoms with E-state index in [1.54, 1.807) is 31.4 Å². The Kier molecular flexibility index (Phi) is 5.27. The first kappa shape index (κ1) is 19.4. The maximum atomic E-state index is 13.0. The summed E-state index contributed by atoms with van der Waals surface area (Å²) in [6.45, 7) is 0.935. The van der Waals surface area contributed by atoms with Gasteiger partial charge in [0, 0.05) is 24.2 Å². The molecule has 2 aromatic rings. The lowest BCUT2D eigenvalue weighted by Crippen LogP contribution is -2.51. The molecule has 1 saturated heterocycles. The van der Waals surface area contributed by atoms with E-state index in [2.05, 4.69) is 9.71 Å². The first-order valence-electron chi connectivity index (χ1n) is 9.62. The molecule has 7 nitrogen and oxygen atoms in total. The number of para-hydroxylation sites is 1. The molecule has 1 fully saturated rings. The van der Waals surface area contributed by atoms with E-state index in [0.29, 0.717) is 36.7 Å². The molecule has 0 unspecified atom stereocenters. The molecule has 2 heterocycles. The predicted octanol–water partition coefficient (Wildman–Crippen LogP) is 2.32. The van der Waals surface area contributed by atoms with E-state index >= 15 is 0 Å². The molecule has 0 bridgehead atoms. The zero-order valence-electron chi connectivity index (χ0n) is 16.2. The zero-order chi connectivity index (χ0) is 20.4. The van der Waals surface area contributed by atoms with Gasteiger partial charge in [0.05, 0.1) is 7.11 Å². The number of sulfonamides is 1. The highest BCUT2D eigenvalue weighted by atomic mass is 32.2. The quantitative estimate of drug-likeness (QED) is 0.831. The normalized spacial score (nSPS) is 20.0. The van der Waals surface area contributed by atoms with Crippen LogP contribution in [0.4, 0.5) is 0 Å². The number of hydrogen-bond acceptors (Lipinski definition) is 5. The summed E-state index contributed by atoms with van der Waals surface area (Å²) < 4.78 is 34.2. The van der Waals surface area contributed by atoms with Crippen LogP contribution >= 0.6 is 0 Å². The van der Waals surface area contributed by atoms with Crippen LogP contribution in [0.15, 0.2) is 57.8 Å². The smallest absolute Gasteiger partial charge is 0.285 e. The van der Waals surface area contributed by atoms with Crippen LogP contribution in [0, 0.1) is 0 Å². The number of amides is 1. The molecule has 1 N–H and O–H groups in total. The van der Waals surface area contributed by atoms with E-state index in [0.717, 1.165) is 18.4 Å². The molecule has 2 aliphatic heterocycles. The molecule has 4 rings (SSSR count). The van der Waals surface area contributed by atoms with Crippen molar-refractivity contribution in [1.29, 1.82) is 0 Å². The van der Waals surface area contributed by atoms with Crippen molar-refractivity contribution in [3.8, 4) is 5.75 Å². The predicted molar refractivity (Wildman–Crippen MR) is 109 cm³/mol. The third-order valence-electron chi connectivity index (χ3n) is 5.34. The number of fused-ring (bicyclic) bond motifs is 1. The van der Waals surface area contributed by atoms with Crippen molar-refractivity contribution in [2.45, 2.75) is 36.7 Å². The highest BCUT2D eigenvalue weighted by molar-refractivity contribution is 7.90. The molecule has 29 heavy (non-hydrogen) atoms. The van der Waals surface area contributed by atoms with E-state index in [9.17, 15) is 13.2 Å². The van der Waals surface area contributed by atoms with Crippen LogP contribution in [0.3, 0.4) is 0 Å². The Labute approximate surface area is 170 Å². The van der Waals surface area contributed by atoms with Gasteiger partial charge in [-0.1, -0.05) is 30.3 Å². The second kappa shape index (κ2) is 7.87. The molecule has 0 aliphatic carbocycles. The molecule has 0 aromatic heterocycles. The Balaban J connectivity index is 1.56. The molecule has 2 aliphatic rings. The van der Waals surface area contributed by atoms with Gasteiger partial charge in [0.25, 0.3) is 10.0 Å². The highest BCUT2D eigenvalue weighted by Gasteiger charge is 2.37. The Morgan fingerprint density at radius 1 is 1.17 bits per heavy atom. The van der Waals surface area contributed by atoms with Crippen LogP contribution in [0.25, 0.3) is 0 Å². The van der Waals surface area contributed by atoms with Gasteiger partial charge in [-0.25, -0.2) is 0 Å². The third-order valence-corrected chi connectivity index (χ3v) is 6.66. The second-order valence-electron chi connectivity index (χ2n) is 7.12. The van der Waals surface area contributed by atoms with Gasteiger partial charge < -0.3 is 15.0 Å². The summed E-state index contributed by atoms with van der Waals surface area (Å²) in [4.78, 5) is 15.1. The van der Waals surface area contributed by atoms with Crippen molar-refractivity contribution in [2.75, 3.05) is 13.7 Å². The van der Waals surface area contributed by atoms with Crippen LogP contribution in [0.1, 0.15) is 30.4 Å². The Hall–Kier alpha value is -2.87. The van der Waals surface area contributed by atoms with Crippen LogP contribution in [0.5, 0.6) is 5.75 Å². The van der Waals surface area contributed by atoms with Crippen molar-refractivity contribution < 1.29 is 17.9 Å². The van der Waals surface area contributed by atoms with Gasteiger partial charge in [0.2, 0.25) is 5.91 Å². The number of methoxy groups -OCH3 is 1. The van der Waals surface area contributed by atoms with Crippen molar-refractivity contribution in [3.63, 3.8) is 0 Å². The summed E-state index contributed by atoms with van der Waals surface area (Å²) in [6.07, 6.45) is 2.45. The number of likely N-dealkylation sites (tertiary alicyclic amines) is 1. The molecule has 8 heteroatoms. The SMILES string of the molecule is COc1ccccc1CNC(=O)[C@H]1CCCCN1C1=NS(=O)(=O)c2ccccc21. The number of nitrogens with zero attached hydrogens (tertiary/aromatic N) is 2. The summed E-state index contributed by atoms with van der Waals surface area (Å²) in [5.41, 5.74) is 1.45. The third kappa shape index (κ3) is 3.72. The Bertz CT molecular complexity index is 1070. The standard InChI is InChI=1S/C21H23N3O4S/c1-28-18-11-4-2-8-15(18)14-22-21(25)17-10-6-7-13-24(17)20-16-9-3-5-12-19(16)29(26,27)23-20/h2-5,8-9,11-12,17H,6-7,10,13-14H2,1H3,(H,22,25)/t17-/m1/s1. The lowest BCUT2D eigenvalue weighted by atomic mass is 9.99. The maximum absolute atomic E-state index is 13.0. The van der Waals surface area contributed by atoms with Gasteiger partial charge in [-0.15, -0.1) is 4.40 Å². The molecule has 152 valence electrons. The number of hydrogen-bond donors (Lipinski definition) is 1. The van der Waals surface area contributed by atoms with Gasteiger partial charge in [-0.3, -0.25) is 4.79 Å². The number of ether oxygens (including phenoxy) is 1. The molecular formula is C21H23N3O4S. The fourth-order valence-electron chi connectivity index (χ4n) is 3.90. The molecule has 0 radical (unpaired) electrons. The van der Waals surface area contributed by atoms with Gasteiger partial charge in [-0.05, 0) is 37.5 Å². The Morgan fingerprint density at radius 2 is 1.93 bits per heavy atom. The maximum Gasteiger partial charge on any atom is 0.285 e. The lowest BCUT2D eigenvalue weighted by Gasteiger charge is -2.36. The zero-order valence-corrected chi connectivity index (χ0v) is 17.0. The first-order chi connectivity index (χ1) is 14.0. The molecular weight excluding hydrogens is 390 g/mol. The molecule has 1 atom stereocenters. The minimum Gasteiger partial charge on any atom is -0.496 e. The van der Waals surface area contributed by atoms with Crippen molar-refractivity contribution >= 4 is 21.8 Å². The summed E-state index contributed by atoms with van der Waals surface area (Å²) in [5, 5.41) is 2.98. The van der Waals surface area contributed by atoms with E-state index in [1.807, 2.05) is 29.2 Å². The number of nitrogens with one attached hydrogen (secondary N) is 1. The van der Waals surface area contributed by atoms with Crippen LogP contribution in [0.2, 0.25) is 0 Å². The van der Waals surface area contributed by atoms with Crippen LogP contribution < -0.4 is 10.1 Å². The summed E-state index contributed by atoms with van der Waals surface area (Å²) >= 11 is 0. The van der Waals surface area contributed by atoms with Gasteiger partial charge in [-0.2, -0.15) is 8.42 Å². The van der Waals surface area contributed by atoms with E-state index in [1.165, 1.54) is 0 Å². The van der Waals surface area contributed by atoms with Crippen LogP contribution in [-0.4, -0.2) is 44.8 Å². The van der Waals surface area contributed by atoms with Gasteiger partial charge >= 0.3 is 0 Å². The largest absolute Gasteiger partial charge is 0.496 e. The fraction of sp³-hybridized carbons (Fsp3) is 0.333. The molecule has 0 saturated carbocycles. The van der Waals surface area contributed by atoms with E-state index in [4.69, 9.17) is 4.74 Å². The van der Waals surface area contributed by atoms with Crippen LogP contribution in [-0.2, 0) is 21.4 Å². The number of amidine groups is 1. The van der Waals surface area contributed by atoms with Crippen molar-refractivity contribution in [3.05, 3.63) is 59.7 Å². The average molecular weight is 413 g/mol. The number of benzene rings is 2. The summed E-state index contributed by atoms with van der Waals surface area (Å²) in [6, 6.07) is 13.8. The number of rotatable bonds is 4. The fourth-order valence-corrected chi connectivity index (χ4v) is 5.12. The second-order valence-corrected chi connectivity index (χ2v) is 8.69. The van der Waals surface area contributed by atoms with Gasteiger partial charge in [0.15, 0.2) is 5.84 Å². The Morgan fingerprint density at radius 3 is 2.76 bits per heavy atom. The molecule has 2 aromatic carbocycles. The minimum absolute atomic E-state index is 0.139. The van der Waals surface area contributed by atoms with E-state index < -0.39 is 16.1 Å². The van der Waals surface area contributed by atoms with E-state index in [-0.39, 0.29) is 10.8 Å². The topological polar surface area (TPSA) is 88.1 Å². The molecule has 1 amide bonds. The highest BCUT2D eigenvalue weighted by Crippen LogP contribution is 2.30.